The second-order valence-electron chi connectivity index (χ2n) is 11.6. The highest BCUT2D eigenvalue weighted by Gasteiger charge is 2.64. The van der Waals surface area contributed by atoms with Gasteiger partial charge in [0.2, 0.25) is 5.88 Å². The Morgan fingerprint density at radius 1 is 1.11 bits per heavy atom. The maximum Gasteiger partial charge on any atom is 0.353 e. The Morgan fingerprint density at radius 3 is 2.17 bits per heavy atom. The third kappa shape index (κ3) is 4.88. The molecule has 1 aromatic heterocycles. The number of hydrogen-bond donors (Lipinski definition) is 1. The molecule has 3 heterocycles. The van der Waals surface area contributed by atoms with E-state index in [1.807, 2.05) is 13.8 Å². The molecule has 36 heavy (non-hydrogen) atoms. The summed E-state index contributed by atoms with van der Waals surface area (Å²) in [5, 5.41) is 11.9. The number of ether oxygens (including phenoxy) is 2. The van der Waals surface area contributed by atoms with E-state index < -0.39 is 46.8 Å². The SMILES string of the molecule is CCOc1nc(=O)n([C@@H]2O[C@@H]3CO[Si](C(C)C)(C(C)C)O[Si](C(C)C)(C(C)C)O[C@H]3[C@@]2(C)O)cc1C. The van der Waals surface area contributed by atoms with Gasteiger partial charge in [-0.15, -0.1) is 0 Å². The number of fused-ring (bicyclic) bond motifs is 1. The van der Waals surface area contributed by atoms with Crippen molar-refractivity contribution in [3.8, 4) is 5.88 Å². The highest BCUT2D eigenvalue weighted by atomic mass is 28.5. The highest BCUT2D eigenvalue weighted by Crippen LogP contribution is 2.50. The lowest BCUT2D eigenvalue weighted by molar-refractivity contribution is -0.0975. The molecule has 0 radical (unpaired) electrons. The molecule has 1 aromatic rings. The maximum atomic E-state index is 13.0. The normalized spacial score (nSPS) is 30.1. The maximum absolute atomic E-state index is 13.0. The molecule has 9 nitrogen and oxygen atoms in total. The van der Waals surface area contributed by atoms with Gasteiger partial charge in [-0.2, -0.15) is 4.98 Å². The molecular weight excluding hydrogens is 496 g/mol. The number of aliphatic hydroxyl groups is 1. The summed E-state index contributed by atoms with van der Waals surface area (Å²) in [4.78, 5) is 17.1. The highest BCUT2D eigenvalue weighted by molar-refractivity contribution is 6.84. The van der Waals surface area contributed by atoms with Crippen molar-refractivity contribution in [2.75, 3.05) is 13.2 Å². The molecule has 2 aliphatic rings. The van der Waals surface area contributed by atoms with Crippen molar-refractivity contribution in [1.29, 1.82) is 0 Å². The van der Waals surface area contributed by atoms with Crippen LogP contribution in [0.15, 0.2) is 11.0 Å². The Labute approximate surface area is 218 Å². The molecule has 2 saturated heterocycles. The molecule has 1 N–H and O–H groups in total. The molecule has 0 aliphatic carbocycles. The Hall–Kier alpha value is -1.09. The fraction of sp³-hybridized carbons (Fsp3) is 0.840. The minimum absolute atomic E-state index is 0.108. The van der Waals surface area contributed by atoms with Gasteiger partial charge in [0.15, 0.2) is 6.23 Å². The van der Waals surface area contributed by atoms with Gasteiger partial charge >= 0.3 is 22.8 Å². The van der Waals surface area contributed by atoms with Crippen molar-refractivity contribution in [2.24, 2.45) is 0 Å². The monoisotopic (exact) mass is 542 g/mol. The van der Waals surface area contributed by atoms with Gasteiger partial charge < -0.3 is 27.5 Å². The van der Waals surface area contributed by atoms with Crippen molar-refractivity contribution < 1.29 is 27.5 Å². The summed E-state index contributed by atoms with van der Waals surface area (Å²) in [6, 6.07) is 0. The van der Waals surface area contributed by atoms with E-state index in [4.69, 9.17) is 22.4 Å². The molecule has 0 aromatic carbocycles. The Balaban J connectivity index is 2.13. The summed E-state index contributed by atoms with van der Waals surface area (Å²) in [6.45, 7) is 23.1. The summed E-state index contributed by atoms with van der Waals surface area (Å²) in [5.41, 5.74) is -0.792. The van der Waals surface area contributed by atoms with Gasteiger partial charge in [-0.1, -0.05) is 55.4 Å². The van der Waals surface area contributed by atoms with Crippen LogP contribution in [0.25, 0.3) is 0 Å². The molecule has 0 spiro atoms. The molecule has 2 aliphatic heterocycles. The van der Waals surface area contributed by atoms with E-state index in [1.54, 1.807) is 13.1 Å². The van der Waals surface area contributed by atoms with Crippen LogP contribution in [-0.2, 0) is 17.7 Å². The molecule has 206 valence electrons. The van der Waals surface area contributed by atoms with E-state index in [2.05, 4.69) is 60.4 Å². The summed E-state index contributed by atoms with van der Waals surface area (Å²) >= 11 is 0. The first-order chi connectivity index (χ1) is 16.6. The fourth-order valence-corrected chi connectivity index (χ4v) is 17.0. The number of hydrogen-bond acceptors (Lipinski definition) is 8. The fourth-order valence-electron chi connectivity index (χ4n) is 5.69. The van der Waals surface area contributed by atoms with Crippen LogP contribution in [0.1, 0.15) is 81.0 Å². The third-order valence-corrected chi connectivity index (χ3v) is 17.9. The number of aromatic nitrogens is 2. The minimum atomic E-state index is -2.96. The van der Waals surface area contributed by atoms with Crippen LogP contribution in [0.2, 0.25) is 22.2 Å². The molecule has 4 atom stereocenters. The zero-order chi connectivity index (χ0) is 27.2. The van der Waals surface area contributed by atoms with Gasteiger partial charge in [0, 0.05) is 11.8 Å². The van der Waals surface area contributed by atoms with Crippen molar-refractivity contribution in [1.82, 2.24) is 9.55 Å². The van der Waals surface area contributed by atoms with Crippen LogP contribution >= 0.6 is 0 Å². The van der Waals surface area contributed by atoms with Gasteiger partial charge in [0.25, 0.3) is 0 Å². The zero-order valence-corrected chi connectivity index (χ0v) is 25.8. The smallest absolute Gasteiger partial charge is 0.353 e. The lowest BCUT2D eigenvalue weighted by atomic mass is 9.96. The molecule has 0 saturated carbocycles. The first-order valence-corrected chi connectivity index (χ1v) is 17.2. The van der Waals surface area contributed by atoms with E-state index in [0.29, 0.717) is 12.2 Å². The van der Waals surface area contributed by atoms with Gasteiger partial charge in [0.1, 0.15) is 17.8 Å². The van der Waals surface area contributed by atoms with Crippen LogP contribution in [0.3, 0.4) is 0 Å². The minimum Gasteiger partial charge on any atom is -0.478 e. The predicted molar refractivity (Wildman–Crippen MR) is 143 cm³/mol. The number of rotatable bonds is 7. The number of aryl methyl sites for hydroxylation is 1. The molecule has 3 rings (SSSR count). The van der Waals surface area contributed by atoms with E-state index in [1.165, 1.54) is 4.57 Å². The largest absolute Gasteiger partial charge is 0.478 e. The Morgan fingerprint density at radius 2 is 1.67 bits per heavy atom. The van der Waals surface area contributed by atoms with Crippen molar-refractivity contribution in [3.05, 3.63) is 22.2 Å². The lowest BCUT2D eigenvalue weighted by Gasteiger charge is -2.52. The first kappa shape index (κ1) is 29.5. The molecular formula is C25H46N2O7Si2. The average molecular weight is 543 g/mol. The van der Waals surface area contributed by atoms with E-state index in [-0.39, 0.29) is 34.7 Å². The second-order valence-corrected chi connectivity index (χ2v) is 20.5. The Bertz CT molecular complexity index is 964. The van der Waals surface area contributed by atoms with Crippen LogP contribution in [0, 0.1) is 6.92 Å². The van der Waals surface area contributed by atoms with Crippen LogP contribution < -0.4 is 10.4 Å². The van der Waals surface area contributed by atoms with Gasteiger partial charge in [-0.25, -0.2) is 4.79 Å². The molecule has 2 fully saturated rings. The third-order valence-electron chi connectivity index (χ3n) is 7.66. The average Bonchev–Trinajstić information content (AvgIpc) is 2.99. The summed E-state index contributed by atoms with van der Waals surface area (Å²) < 4.78 is 34.2. The van der Waals surface area contributed by atoms with E-state index in [0.717, 1.165) is 0 Å². The quantitative estimate of drug-likeness (QED) is 0.501. The number of nitrogens with zero attached hydrogens (tertiary/aromatic N) is 2. The Kier molecular flexibility index (Phi) is 8.66. The molecule has 0 bridgehead atoms. The van der Waals surface area contributed by atoms with Crippen molar-refractivity contribution in [2.45, 2.75) is 122 Å². The van der Waals surface area contributed by atoms with Crippen LogP contribution in [0.4, 0.5) is 0 Å². The van der Waals surface area contributed by atoms with Crippen molar-refractivity contribution >= 4 is 17.1 Å². The van der Waals surface area contributed by atoms with Gasteiger partial charge in [-0.05, 0) is 42.9 Å². The molecule has 11 heteroatoms. The molecule has 0 unspecified atom stereocenters. The summed E-state index contributed by atoms with van der Waals surface area (Å²) in [5.74, 6) is 0.283. The zero-order valence-electron chi connectivity index (χ0n) is 23.8. The predicted octanol–water partition coefficient (Wildman–Crippen LogP) is 4.56. The van der Waals surface area contributed by atoms with Gasteiger partial charge in [0.05, 0.1) is 13.2 Å². The van der Waals surface area contributed by atoms with Crippen LogP contribution in [0.5, 0.6) is 5.88 Å². The van der Waals surface area contributed by atoms with Gasteiger partial charge in [-0.3, -0.25) is 4.57 Å². The second kappa shape index (κ2) is 10.6. The first-order valence-electron chi connectivity index (χ1n) is 13.3. The van der Waals surface area contributed by atoms with Crippen molar-refractivity contribution in [3.63, 3.8) is 0 Å². The lowest BCUT2D eigenvalue weighted by Crippen LogP contribution is -2.67. The van der Waals surface area contributed by atoms with E-state index in [9.17, 15) is 9.90 Å². The summed E-state index contributed by atoms with van der Waals surface area (Å²) in [7, 11) is -5.70. The molecule has 0 amide bonds. The van der Waals surface area contributed by atoms with E-state index >= 15 is 0 Å². The summed E-state index contributed by atoms with van der Waals surface area (Å²) in [6.07, 6.45) is -0.665. The topological polar surface area (TPSA) is 101 Å². The van der Waals surface area contributed by atoms with Crippen LogP contribution in [-0.4, -0.2) is 62.8 Å². The standard InChI is InChI=1S/C25H46N2O7Si2/c1-12-30-22-19(10)13-27(24(28)26-22)23-25(11,29)21-20(32-23)14-31-35(15(2)3,16(4)5)34-36(33-21,17(6)7)18(8)9/h13,15-18,20-21,23,29H,12,14H2,1-11H3/t20-,21-,23-,25-/m1/s1.